The lowest BCUT2D eigenvalue weighted by Gasteiger charge is -2.32. The van der Waals surface area contributed by atoms with Crippen molar-refractivity contribution in [2.75, 3.05) is 13.1 Å². The Morgan fingerprint density at radius 3 is 2.44 bits per heavy atom. The standard InChI is InChI=1S/C22H22ClN3O/c23-20-8-5-19(6-9-20)16-26-13-11-21(12-14-26)25-22(27)10-7-17-1-3-18(15-24)4-2-17/h1-10,21H,11-14,16H2,(H,25,27)/b10-7+. The van der Waals surface area contributed by atoms with Crippen LogP contribution in [-0.4, -0.2) is 29.9 Å². The van der Waals surface area contributed by atoms with Gasteiger partial charge >= 0.3 is 0 Å². The normalized spacial score (nSPS) is 15.6. The largest absolute Gasteiger partial charge is 0.350 e. The Hall–Kier alpha value is -2.61. The highest BCUT2D eigenvalue weighted by Crippen LogP contribution is 2.16. The fourth-order valence-electron chi connectivity index (χ4n) is 3.17. The van der Waals surface area contributed by atoms with Gasteiger partial charge in [0.1, 0.15) is 0 Å². The number of nitriles is 1. The highest BCUT2D eigenvalue weighted by molar-refractivity contribution is 6.30. The molecule has 3 rings (SSSR count). The van der Waals surface area contributed by atoms with E-state index in [1.54, 1.807) is 24.3 Å². The third-order valence-electron chi connectivity index (χ3n) is 4.72. The first-order chi connectivity index (χ1) is 13.1. The summed E-state index contributed by atoms with van der Waals surface area (Å²) in [5.74, 6) is -0.0736. The van der Waals surface area contributed by atoms with Gasteiger partial charge in [-0.05, 0) is 54.3 Å². The van der Waals surface area contributed by atoms with E-state index in [0.717, 1.165) is 43.1 Å². The first-order valence-corrected chi connectivity index (χ1v) is 9.46. The minimum atomic E-state index is -0.0736. The van der Waals surface area contributed by atoms with Crippen LogP contribution in [0, 0.1) is 11.3 Å². The zero-order chi connectivity index (χ0) is 19.1. The summed E-state index contributed by atoms with van der Waals surface area (Å²) in [6.07, 6.45) is 5.22. The van der Waals surface area contributed by atoms with Gasteiger partial charge in [-0.1, -0.05) is 35.9 Å². The zero-order valence-corrected chi connectivity index (χ0v) is 15.8. The predicted molar refractivity (Wildman–Crippen MR) is 108 cm³/mol. The summed E-state index contributed by atoms with van der Waals surface area (Å²) < 4.78 is 0. The van der Waals surface area contributed by atoms with Gasteiger partial charge in [-0.25, -0.2) is 0 Å². The van der Waals surface area contributed by atoms with Crippen molar-refractivity contribution < 1.29 is 4.79 Å². The molecule has 1 N–H and O–H groups in total. The molecular formula is C22H22ClN3O. The summed E-state index contributed by atoms with van der Waals surface area (Å²) >= 11 is 5.93. The molecule has 2 aromatic rings. The number of rotatable bonds is 5. The number of hydrogen-bond acceptors (Lipinski definition) is 3. The minimum Gasteiger partial charge on any atom is -0.350 e. The Labute approximate surface area is 165 Å². The number of benzene rings is 2. The molecule has 4 nitrogen and oxygen atoms in total. The van der Waals surface area contributed by atoms with Crippen molar-refractivity contribution >= 4 is 23.6 Å². The zero-order valence-electron chi connectivity index (χ0n) is 15.1. The number of halogens is 1. The van der Waals surface area contributed by atoms with Crippen LogP contribution < -0.4 is 5.32 Å². The lowest BCUT2D eigenvalue weighted by Crippen LogP contribution is -2.43. The number of likely N-dealkylation sites (tertiary alicyclic amines) is 1. The molecule has 1 amide bonds. The maximum absolute atomic E-state index is 12.1. The monoisotopic (exact) mass is 379 g/mol. The van der Waals surface area contributed by atoms with Crippen LogP contribution in [0.15, 0.2) is 54.6 Å². The van der Waals surface area contributed by atoms with Gasteiger partial charge in [0.2, 0.25) is 5.91 Å². The number of piperidine rings is 1. The number of hydrogen-bond donors (Lipinski definition) is 1. The van der Waals surface area contributed by atoms with Gasteiger partial charge in [0.25, 0.3) is 0 Å². The third-order valence-corrected chi connectivity index (χ3v) is 4.97. The first kappa shape index (κ1) is 19.2. The summed E-state index contributed by atoms with van der Waals surface area (Å²) in [6.45, 7) is 2.84. The van der Waals surface area contributed by atoms with Crippen molar-refractivity contribution in [1.82, 2.24) is 10.2 Å². The van der Waals surface area contributed by atoms with E-state index in [1.807, 2.05) is 24.3 Å². The molecule has 0 saturated carbocycles. The summed E-state index contributed by atoms with van der Waals surface area (Å²) in [5.41, 5.74) is 2.77. The second-order valence-corrected chi connectivity index (χ2v) is 7.19. The van der Waals surface area contributed by atoms with Gasteiger partial charge in [-0.2, -0.15) is 5.26 Å². The Kier molecular flexibility index (Phi) is 6.64. The number of amides is 1. The van der Waals surface area contributed by atoms with Crippen molar-refractivity contribution in [3.8, 4) is 6.07 Å². The number of carbonyl (C=O) groups excluding carboxylic acids is 1. The van der Waals surface area contributed by atoms with Crippen molar-refractivity contribution in [1.29, 1.82) is 5.26 Å². The van der Waals surface area contributed by atoms with Crippen LogP contribution in [0.2, 0.25) is 5.02 Å². The van der Waals surface area contributed by atoms with Crippen LogP contribution in [0.25, 0.3) is 6.08 Å². The number of nitrogens with zero attached hydrogens (tertiary/aromatic N) is 2. The van der Waals surface area contributed by atoms with Crippen LogP contribution in [0.5, 0.6) is 0 Å². The molecule has 1 aliphatic rings. The van der Waals surface area contributed by atoms with Crippen LogP contribution >= 0.6 is 11.6 Å². The average molecular weight is 380 g/mol. The van der Waals surface area contributed by atoms with Crippen molar-refractivity contribution in [3.63, 3.8) is 0 Å². The van der Waals surface area contributed by atoms with Gasteiger partial charge in [-0.3, -0.25) is 9.69 Å². The first-order valence-electron chi connectivity index (χ1n) is 9.08. The van der Waals surface area contributed by atoms with Gasteiger partial charge in [0.05, 0.1) is 11.6 Å². The van der Waals surface area contributed by atoms with E-state index >= 15 is 0 Å². The number of nitrogens with one attached hydrogen (secondary N) is 1. The second kappa shape index (κ2) is 9.36. The van der Waals surface area contributed by atoms with Crippen LogP contribution in [0.3, 0.4) is 0 Å². The van der Waals surface area contributed by atoms with E-state index in [0.29, 0.717) is 5.56 Å². The molecule has 0 radical (unpaired) electrons. The summed E-state index contributed by atoms with van der Waals surface area (Å²) in [6, 6.07) is 17.4. The summed E-state index contributed by atoms with van der Waals surface area (Å²) in [4.78, 5) is 14.5. The van der Waals surface area contributed by atoms with E-state index < -0.39 is 0 Å². The lowest BCUT2D eigenvalue weighted by atomic mass is 10.0. The topological polar surface area (TPSA) is 56.1 Å². The van der Waals surface area contributed by atoms with E-state index in [1.165, 1.54) is 5.56 Å². The van der Waals surface area contributed by atoms with Crippen LogP contribution in [-0.2, 0) is 11.3 Å². The molecule has 1 fully saturated rings. The fraction of sp³-hybridized carbons (Fsp3) is 0.273. The lowest BCUT2D eigenvalue weighted by molar-refractivity contribution is -0.117. The average Bonchev–Trinajstić information content (AvgIpc) is 2.70. The summed E-state index contributed by atoms with van der Waals surface area (Å²) in [5, 5.41) is 12.6. The second-order valence-electron chi connectivity index (χ2n) is 6.75. The maximum Gasteiger partial charge on any atom is 0.244 e. The Bertz CT molecular complexity index is 829. The SMILES string of the molecule is N#Cc1ccc(/C=C/C(=O)NC2CCN(Cc3ccc(Cl)cc3)CC2)cc1. The minimum absolute atomic E-state index is 0.0736. The molecule has 0 aromatic heterocycles. The highest BCUT2D eigenvalue weighted by atomic mass is 35.5. The van der Waals surface area contributed by atoms with E-state index in [9.17, 15) is 4.79 Å². The molecule has 0 unspecified atom stereocenters. The van der Waals surface area contributed by atoms with E-state index in [-0.39, 0.29) is 11.9 Å². The van der Waals surface area contributed by atoms with E-state index in [2.05, 4.69) is 28.4 Å². The van der Waals surface area contributed by atoms with Gasteiger partial charge < -0.3 is 5.32 Å². The van der Waals surface area contributed by atoms with Gasteiger partial charge in [0, 0.05) is 36.8 Å². The quantitative estimate of drug-likeness (QED) is 0.798. The van der Waals surface area contributed by atoms with Crippen molar-refractivity contribution in [2.24, 2.45) is 0 Å². The molecular weight excluding hydrogens is 358 g/mol. The number of carbonyl (C=O) groups is 1. The molecule has 0 atom stereocenters. The fourth-order valence-corrected chi connectivity index (χ4v) is 3.30. The Balaban J connectivity index is 1.42. The molecule has 1 saturated heterocycles. The molecule has 5 heteroatoms. The van der Waals surface area contributed by atoms with Gasteiger partial charge in [-0.15, -0.1) is 0 Å². The Morgan fingerprint density at radius 1 is 1.15 bits per heavy atom. The third kappa shape index (κ3) is 5.96. The summed E-state index contributed by atoms with van der Waals surface area (Å²) in [7, 11) is 0. The molecule has 0 bridgehead atoms. The molecule has 27 heavy (non-hydrogen) atoms. The van der Waals surface area contributed by atoms with Crippen LogP contribution in [0.4, 0.5) is 0 Å². The Morgan fingerprint density at radius 2 is 1.81 bits per heavy atom. The highest BCUT2D eigenvalue weighted by Gasteiger charge is 2.20. The smallest absolute Gasteiger partial charge is 0.244 e. The molecule has 1 heterocycles. The molecule has 1 aliphatic heterocycles. The molecule has 2 aromatic carbocycles. The van der Waals surface area contributed by atoms with E-state index in [4.69, 9.17) is 16.9 Å². The van der Waals surface area contributed by atoms with Crippen molar-refractivity contribution in [2.45, 2.75) is 25.4 Å². The van der Waals surface area contributed by atoms with Gasteiger partial charge in [0.15, 0.2) is 0 Å². The molecule has 138 valence electrons. The molecule has 0 aliphatic carbocycles. The predicted octanol–water partition coefficient (Wildman–Crippen LogP) is 4.01. The van der Waals surface area contributed by atoms with Crippen LogP contribution in [0.1, 0.15) is 29.5 Å². The maximum atomic E-state index is 12.1. The van der Waals surface area contributed by atoms with Crippen molar-refractivity contribution in [3.05, 3.63) is 76.3 Å². The molecule has 0 spiro atoms.